The molecule has 1 amide bonds. The molecule has 0 bridgehead atoms. The Morgan fingerprint density at radius 1 is 1.12 bits per heavy atom. The van der Waals surface area contributed by atoms with Gasteiger partial charge in [-0.05, 0) is 48.4 Å². The topological polar surface area (TPSA) is 59.9 Å². The Morgan fingerprint density at radius 2 is 1.74 bits per heavy atom. The van der Waals surface area contributed by atoms with Gasteiger partial charge in [0, 0.05) is 34.7 Å². The third-order valence-electron chi connectivity index (χ3n) is 5.11. The molecule has 2 atom stereocenters. The minimum Gasteiger partial charge on any atom is -0.374 e. The summed E-state index contributed by atoms with van der Waals surface area (Å²) in [6.07, 6.45) is -13.0. The molecule has 2 aromatic rings. The first-order chi connectivity index (χ1) is 15.7. The Morgan fingerprint density at radius 3 is 2.24 bits per heavy atom. The summed E-state index contributed by atoms with van der Waals surface area (Å²) < 4.78 is 85.1. The average molecular weight is 529 g/mol. The molecule has 1 aliphatic rings. The van der Waals surface area contributed by atoms with Crippen molar-refractivity contribution >= 4 is 34.8 Å². The standard InChI is InChI=1S/C21H16Cl2F6N2O3/c1-10-5-11(3-4-15(10)17(32)30-18(33-2)20(24,25)26)16-9-19(34-31-16,21(27,28)29)12-6-13(22)8-14(23)7-12/h3-8,18H,9H2,1-2H3,(H,30,32). The maximum atomic E-state index is 14.1. The van der Waals surface area contributed by atoms with Gasteiger partial charge in [-0.2, -0.15) is 26.3 Å². The van der Waals surface area contributed by atoms with Gasteiger partial charge < -0.3 is 14.9 Å². The lowest BCUT2D eigenvalue weighted by atomic mass is 9.86. The molecule has 1 heterocycles. The molecular formula is C21H16Cl2F6N2O3. The molecular weight excluding hydrogens is 513 g/mol. The van der Waals surface area contributed by atoms with Gasteiger partial charge in [-0.15, -0.1) is 0 Å². The summed E-state index contributed by atoms with van der Waals surface area (Å²) in [5.74, 6) is -1.07. The van der Waals surface area contributed by atoms with Crippen molar-refractivity contribution in [2.45, 2.75) is 37.5 Å². The van der Waals surface area contributed by atoms with Crippen LogP contribution in [0.1, 0.15) is 33.5 Å². The van der Waals surface area contributed by atoms with E-state index in [1.54, 1.807) is 5.32 Å². The van der Waals surface area contributed by atoms with Crippen molar-refractivity contribution in [3.05, 3.63) is 68.7 Å². The minimum atomic E-state index is -4.89. The van der Waals surface area contributed by atoms with Crippen LogP contribution in [0.5, 0.6) is 0 Å². The number of hydrogen-bond acceptors (Lipinski definition) is 4. The number of aryl methyl sites for hydroxylation is 1. The quantitative estimate of drug-likeness (QED) is 0.374. The molecule has 5 nitrogen and oxygen atoms in total. The molecule has 13 heteroatoms. The van der Waals surface area contributed by atoms with E-state index in [1.807, 2.05) is 0 Å². The molecule has 3 rings (SSSR count). The Balaban J connectivity index is 1.89. The smallest absolute Gasteiger partial charge is 0.374 e. The molecule has 1 N–H and O–H groups in total. The second kappa shape index (κ2) is 9.27. The Labute approximate surface area is 199 Å². The van der Waals surface area contributed by atoms with Crippen LogP contribution < -0.4 is 5.32 Å². The van der Waals surface area contributed by atoms with Gasteiger partial charge in [-0.1, -0.05) is 34.4 Å². The SMILES string of the molecule is COC(NC(=O)c1ccc(C2=NOC(c3cc(Cl)cc(Cl)c3)(C(F)(F)F)C2)cc1C)C(F)(F)F. The first kappa shape index (κ1) is 26.1. The Kier molecular flexibility index (Phi) is 7.12. The number of oxime groups is 1. The largest absolute Gasteiger partial charge is 0.435 e. The summed E-state index contributed by atoms with van der Waals surface area (Å²) in [6, 6.07) is 7.18. The zero-order valence-electron chi connectivity index (χ0n) is 17.4. The third-order valence-corrected chi connectivity index (χ3v) is 5.55. The zero-order chi connectivity index (χ0) is 25.5. The summed E-state index contributed by atoms with van der Waals surface area (Å²) >= 11 is 11.7. The van der Waals surface area contributed by atoms with Crippen LogP contribution in [0.3, 0.4) is 0 Å². The normalized spacial score (nSPS) is 19.4. The number of nitrogens with zero attached hydrogens (tertiary/aromatic N) is 1. The number of carbonyl (C=O) groups excluding carboxylic acids is 1. The van der Waals surface area contributed by atoms with Gasteiger partial charge >= 0.3 is 12.4 Å². The van der Waals surface area contributed by atoms with Gasteiger partial charge in [0.05, 0.1) is 5.71 Å². The van der Waals surface area contributed by atoms with Crippen LogP contribution in [0, 0.1) is 6.92 Å². The van der Waals surface area contributed by atoms with Gasteiger partial charge in [0.1, 0.15) is 0 Å². The van der Waals surface area contributed by atoms with E-state index in [1.165, 1.54) is 31.2 Å². The van der Waals surface area contributed by atoms with Crippen LogP contribution in [-0.2, 0) is 15.2 Å². The highest BCUT2D eigenvalue weighted by molar-refractivity contribution is 6.34. The highest BCUT2D eigenvalue weighted by Crippen LogP contribution is 2.49. The monoisotopic (exact) mass is 528 g/mol. The van der Waals surface area contributed by atoms with Crippen LogP contribution in [0.25, 0.3) is 0 Å². The molecule has 0 aliphatic carbocycles. The highest BCUT2D eigenvalue weighted by Gasteiger charge is 2.62. The number of halogens is 8. The number of carbonyl (C=O) groups is 1. The molecule has 2 aromatic carbocycles. The second-order valence-electron chi connectivity index (χ2n) is 7.45. The molecule has 0 spiro atoms. The zero-order valence-corrected chi connectivity index (χ0v) is 19.0. The van der Waals surface area contributed by atoms with Crippen LogP contribution in [0.4, 0.5) is 26.3 Å². The predicted octanol–water partition coefficient (Wildman–Crippen LogP) is 6.15. The summed E-state index contributed by atoms with van der Waals surface area (Å²) in [7, 11) is 0.784. The third kappa shape index (κ3) is 5.11. The van der Waals surface area contributed by atoms with E-state index in [9.17, 15) is 31.1 Å². The number of methoxy groups -OCH3 is 1. The number of amides is 1. The van der Waals surface area contributed by atoms with Crippen molar-refractivity contribution < 1.29 is 40.7 Å². The molecule has 0 aromatic heterocycles. The molecule has 0 saturated carbocycles. The van der Waals surface area contributed by atoms with Gasteiger partial charge in [-0.25, -0.2) is 0 Å². The number of nitrogens with one attached hydrogen (secondary N) is 1. The molecule has 184 valence electrons. The summed E-state index contributed by atoms with van der Waals surface area (Å²) in [5.41, 5.74) is -3.02. The summed E-state index contributed by atoms with van der Waals surface area (Å²) in [4.78, 5) is 17.2. The lowest BCUT2D eigenvalue weighted by Crippen LogP contribution is -2.46. The molecule has 1 aliphatic heterocycles. The van der Waals surface area contributed by atoms with E-state index < -0.39 is 36.5 Å². The van der Waals surface area contributed by atoms with Crippen LogP contribution in [-0.4, -0.2) is 37.3 Å². The molecule has 0 radical (unpaired) electrons. The van der Waals surface area contributed by atoms with Gasteiger partial charge in [0.2, 0.25) is 6.23 Å². The van der Waals surface area contributed by atoms with E-state index in [2.05, 4.69) is 9.89 Å². The van der Waals surface area contributed by atoms with Gasteiger partial charge in [0.15, 0.2) is 0 Å². The minimum absolute atomic E-state index is 0.0254. The fourth-order valence-electron chi connectivity index (χ4n) is 3.41. The van der Waals surface area contributed by atoms with Crippen molar-refractivity contribution in [1.82, 2.24) is 5.32 Å². The van der Waals surface area contributed by atoms with Crippen LogP contribution >= 0.6 is 23.2 Å². The first-order valence-electron chi connectivity index (χ1n) is 9.47. The number of rotatable bonds is 5. The van der Waals surface area contributed by atoms with Crippen molar-refractivity contribution in [2.24, 2.45) is 5.16 Å². The number of alkyl halides is 6. The molecule has 0 fully saturated rings. The lowest BCUT2D eigenvalue weighted by Gasteiger charge is -2.29. The predicted molar refractivity (Wildman–Crippen MR) is 112 cm³/mol. The maximum absolute atomic E-state index is 14.1. The lowest BCUT2D eigenvalue weighted by molar-refractivity contribution is -0.275. The highest BCUT2D eigenvalue weighted by atomic mass is 35.5. The van der Waals surface area contributed by atoms with E-state index in [-0.39, 0.29) is 38.0 Å². The van der Waals surface area contributed by atoms with E-state index in [0.717, 1.165) is 19.2 Å². The number of hydrogen-bond donors (Lipinski definition) is 1. The Hall–Kier alpha value is -2.50. The average Bonchev–Trinajstić information content (AvgIpc) is 3.17. The molecule has 0 saturated heterocycles. The maximum Gasteiger partial charge on any atom is 0.435 e. The van der Waals surface area contributed by atoms with Crippen molar-refractivity contribution in [1.29, 1.82) is 0 Å². The van der Waals surface area contributed by atoms with Crippen molar-refractivity contribution in [2.75, 3.05) is 7.11 Å². The number of ether oxygens (including phenoxy) is 1. The number of benzene rings is 2. The summed E-state index contributed by atoms with van der Waals surface area (Å²) in [6.45, 7) is 1.41. The van der Waals surface area contributed by atoms with Crippen molar-refractivity contribution in [3.63, 3.8) is 0 Å². The fourth-order valence-corrected chi connectivity index (χ4v) is 3.94. The second-order valence-corrected chi connectivity index (χ2v) is 8.32. The molecule has 34 heavy (non-hydrogen) atoms. The van der Waals surface area contributed by atoms with E-state index in [4.69, 9.17) is 28.0 Å². The van der Waals surface area contributed by atoms with Gasteiger partial charge in [0.25, 0.3) is 11.5 Å². The Bertz CT molecular complexity index is 1120. The first-order valence-corrected chi connectivity index (χ1v) is 10.2. The molecule has 2 unspecified atom stereocenters. The van der Waals surface area contributed by atoms with E-state index in [0.29, 0.717) is 0 Å². The van der Waals surface area contributed by atoms with E-state index >= 15 is 0 Å². The summed E-state index contributed by atoms with van der Waals surface area (Å²) in [5, 5.41) is 5.26. The van der Waals surface area contributed by atoms with Crippen LogP contribution in [0.2, 0.25) is 10.0 Å². The van der Waals surface area contributed by atoms with Crippen LogP contribution in [0.15, 0.2) is 41.6 Å². The van der Waals surface area contributed by atoms with Gasteiger partial charge in [-0.3, -0.25) is 4.79 Å². The van der Waals surface area contributed by atoms with Crippen molar-refractivity contribution in [3.8, 4) is 0 Å². The fraction of sp³-hybridized carbons (Fsp3) is 0.333.